The van der Waals surface area contributed by atoms with Gasteiger partial charge in [-0.25, -0.2) is 0 Å². The molecule has 2 aromatic carbocycles. The summed E-state index contributed by atoms with van der Waals surface area (Å²) in [5, 5.41) is 11.3. The molecule has 0 bridgehead atoms. The number of anilines is 1. The molecule has 2 aliphatic rings. The number of halogens is 1. The SMILES string of the molecule is C=CCCN(C)C(=O)C[C@@H](C(=O)OC)c1ccc2c(c1)N(C[C@@H]1CC[C@H]1C(O)C=C)CCCCc1cc(Cl)ccc1CO2. The van der Waals surface area contributed by atoms with Crippen LogP contribution in [0, 0.1) is 11.8 Å². The van der Waals surface area contributed by atoms with Crippen molar-refractivity contribution >= 4 is 29.2 Å². The Kier molecular flexibility index (Phi) is 11.7. The molecule has 232 valence electrons. The Labute approximate surface area is 261 Å². The van der Waals surface area contributed by atoms with E-state index in [2.05, 4.69) is 18.1 Å². The second-order valence-electron chi connectivity index (χ2n) is 11.7. The number of carbonyl (C=O) groups is 2. The summed E-state index contributed by atoms with van der Waals surface area (Å²) in [6.45, 7) is 10.0. The highest BCUT2D eigenvalue weighted by atomic mass is 35.5. The lowest BCUT2D eigenvalue weighted by molar-refractivity contribution is -0.145. The Balaban J connectivity index is 1.70. The zero-order chi connectivity index (χ0) is 30.9. The Bertz CT molecular complexity index is 1300. The molecule has 0 radical (unpaired) electrons. The molecular weight excluding hydrogens is 564 g/mol. The van der Waals surface area contributed by atoms with Crippen molar-refractivity contribution in [1.82, 2.24) is 4.90 Å². The predicted molar refractivity (Wildman–Crippen MR) is 172 cm³/mol. The third-order valence-electron chi connectivity index (χ3n) is 8.97. The molecule has 1 aliphatic carbocycles. The highest BCUT2D eigenvalue weighted by Gasteiger charge is 2.37. The third-order valence-corrected chi connectivity index (χ3v) is 9.21. The van der Waals surface area contributed by atoms with E-state index in [-0.39, 0.29) is 18.2 Å². The van der Waals surface area contributed by atoms with Crippen molar-refractivity contribution in [2.75, 3.05) is 38.7 Å². The van der Waals surface area contributed by atoms with Crippen molar-refractivity contribution in [2.45, 2.75) is 63.6 Å². The van der Waals surface area contributed by atoms with Gasteiger partial charge in [-0.3, -0.25) is 9.59 Å². The highest BCUT2D eigenvalue weighted by Crippen LogP contribution is 2.41. The Morgan fingerprint density at radius 2 is 2.00 bits per heavy atom. The maximum atomic E-state index is 13.1. The normalized spacial score (nSPS) is 19.7. The minimum absolute atomic E-state index is 0.00429. The van der Waals surface area contributed by atoms with E-state index in [9.17, 15) is 14.7 Å². The van der Waals surface area contributed by atoms with Gasteiger partial charge in [-0.05, 0) is 91.3 Å². The van der Waals surface area contributed by atoms with E-state index in [1.165, 1.54) is 12.7 Å². The number of rotatable bonds is 11. The van der Waals surface area contributed by atoms with Crippen LogP contribution in [0.4, 0.5) is 5.69 Å². The average Bonchev–Trinajstić information content (AvgIpc) is 3.03. The van der Waals surface area contributed by atoms with Crippen molar-refractivity contribution in [3.05, 3.63) is 83.4 Å². The summed E-state index contributed by atoms with van der Waals surface area (Å²) in [5.41, 5.74) is 3.89. The number of hydrogen-bond donors (Lipinski definition) is 1. The number of hydrogen-bond acceptors (Lipinski definition) is 6. The number of nitrogens with zero attached hydrogens (tertiary/aromatic N) is 2. The largest absolute Gasteiger partial charge is 0.487 e. The Morgan fingerprint density at radius 3 is 2.70 bits per heavy atom. The topological polar surface area (TPSA) is 79.3 Å². The zero-order valence-corrected chi connectivity index (χ0v) is 26.2. The predicted octanol–water partition coefficient (Wildman–Crippen LogP) is 6.32. The van der Waals surface area contributed by atoms with Crippen molar-refractivity contribution in [3.63, 3.8) is 0 Å². The molecule has 0 spiro atoms. The number of aliphatic hydroxyl groups excluding tert-OH is 1. The monoisotopic (exact) mass is 608 g/mol. The number of carbonyl (C=O) groups excluding carboxylic acids is 2. The van der Waals surface area contributed by atoms with Crippen LogP contribution in [0.25, 0.3) is 0 Å². The summed E-state index contributed by atoms with van der Waals surface area (Å²) in [6, 6.07) is 11.7. The maximum Gasteiger partial charge on any atom is 0.313 e. The number of ether oxygens (including phenoxy) is 2. The van der Waals surface area contributed by atoms with Gasteiger partial charge in [0.15, 0.2) is 0 Å². The quantitative estimate of drug-likeness (QED) is 0.238. The second kappa shape index (κ2) is 15.4. The molecular formula is C35H45ClN2O5. The van der Waals surface area contributed by atoms with Gasteiger partial charge in [0, 0.05) is 38.1 Å². The minimum Gasteiger partial charge on any atom is -0.487 e. The molecule has 4 atom stereocenters. The number of esters is 1. The van der Waals surface area contributed by atoms with Crippen molar-refractivity contribution in [3.8, 4) is 5.75 Å². The van der Waals surface area contributed by atoms with Crippen LogP contribution in [0.2, 0.25) is 5.02 Å². The first-order valence-corrected chi connectivity index (χ1v) is 15.7. The highest BCUT2D eigenvalue weighted by molar-refractivity contribution is 6.30. The summed E-state index contributed by atoms with van der Waals surface area (Å²) in [4.78, 5) is 30.1. The van der Waals surface area contributed by atoms with Crippen LogP contribution in [-0.2, 0) is 27.4 Å². The first-order chi connectivity index (χ1) is 20.7. The van der Waals surface area contributed by atoms with Crippen molar-refractivity contribution in [1.29, 1.82) is 0 Å². The minimum atomic E-state index is -0.754. The van der Waals surface area contributed by atoms with E-state index in [1.54, 1.807) is 24.1 Å². The lowest BCUT2D eigenvalue weighted by Crippen LogP contribution is -2.43. The number of methoxy groups -OCH3 is 1. The molecule has 1 aliphatic heterocycles. The smallest absolute Gasteiger partial charge is 0.313 e. The average molecular weight is 609 g/mol. The molecule has 1 heterocycles. The van der Waals surface area contributed by atoms with E-state index in [1.807, 2.05) is 36.4 Å². The molecule has 2 aromatic rings. The molecule has 8 heteroatoms. The third kappa shape index (κ3) is 8.21. The van der Waals surface area contributed by atoms with Gasteiger partial charge in [0.25, 0.3) is 0 Å². The number of amides is 1. The fourth-order valence-electron chi connectivity index (χ4n) is 6.12. The maximum absolute atomic E-state index is 13.1. The summed E-state index contributed by atoms with van der Waals surface area (Å²) in [7, 11) is 3.09. The lowest BCUT2D eigenvalue weighted by atomic mass is 9.70. The van der Waals surface area contributed by atoms with E-state index in [4.69, 9.17) is 21.1 Å². The van der Waals surface area contributed by atoms with Gasteiger partial charge in [0.2, 0.25) is 5.91 Å². The number of benzene rings is 2. The van der Waals surface area contributed by atoms with Crippen LogP contribution in [0.15, 0.2) is 61.7 Å². The second-order valence-corrected chi connectivity index (χ2v) is 12.2. The van der Waals surface area contributed by atoms with Crippen LogP contribution < -0.4 is 9.64 Å². The molecule has 7 nitrogen and oxygen atoms in total. The van der Waals surface area contributed by atoms with Crippen LogP contribution in [0.3, 0.4) is 0 Å². The van der Waals surface area contributed by atoms with Crippen LogP contribution in [-0.4, -0.2) is 61.8 Å². The summed E-state index contributed by atoms with van der Waals surface area (Å²) in [5.74, 6) is -0.148. The molecule has 0 saturated heterocycles. The van der Waals surface area contributed by atoms with E-state index in [0.29, 0.717) is 36.8 Å². The van der Waals surface area contributed by atoms with Gasteiger partial charge in [-0.2, -0.15) is 0 Å². The molecule has 1 fully saturated rings. The summed E-state index contributed by atoms with van der Waals surface area (Å²) >= 11 is 6.33. The molecule has 0 aromatic heterocycles. The summed E-state index contributed by atoms with van der Waals surface area (Å²) < 4.78 is 11.7. The summed E-state index contributed by atoms with van der Waals surface area (Å²) in [6.07, 6.45) is 8.39. The number of fused-ring (bicyclic) bond motifs is 2. The Morgan fingerprint density at radius 1 is 1.19 bits per heavy atom. The molecule has 1 unspecified atom stereocenters. The van der Waals surface area contributed by atoms with Gasteiger partial charge in [0.05, 0.1) is 24.8 Å². The molecule has 1 amide bonds. The van der Waals surface area contributed by atoms with Crippen molar-refractivity contribution < 1.29 is 24.2 Å². The van der Waals surface area contributed by atoms with Crippen LogP contribution >= 0.6 is 11.6 Å². The van der Waals surface area contributed by atoms with Gasteiger partial charge >= 0.3 is 5.97 Å². The number of aryl methyl sites for hydroxylation is 1. The fourth-order valence-corrected chi connectivity index (χ4v) is 6.32. The molecule has 1 saturated carbocycles. The van der Waals surface area contributed by atoms with E-state index >= 15 is 0 Å². The van der Waals surface area contributed by atoms with E-state index < -0.39 is 18.0 Å². The van der Waals surface area contributed by atoms with Gasteiger partial charge < -0.3 is 24.4 Å². The lowest BCUT2D eigenvalue weighted by Gasteiger charge is -2.42. The zero-order valence-electron chi connectivity index (χ0n) is 25.5. The number of aliphatic hydroxyl groups is 1. The van der Waals surface area contributed by atoms with E-state index in [0.717, 1.165) is 61.5 Å². The van der Waals surface area contributed by atoms with Gasteiger partial charge in [0.1, 0.15) is 12.4 Å². The first-order valence-electron chi connectivity index (χ1n) is 15.3. The van der Waals surface area contributed by atoms with Crippen molar-refractivity contribution in [2.24, 2.45) is 11.8 Å². The van der Waals surface area contributed by atoms with Crippen LogP contribution in [0.1, 0.15) is 61.1 Å². The first kappa shape index (κ1) is 32.6. The van der Waals surface area contributed by atoms with Gasteiger partial charge in [-0.1, -0.05) is 35.9 Å². The van der Waals surface area contributed by atoms with Crippen LogP contribution in [0.5, 0.6) is 5.75 Å². The fraction of sp³-hybridized carbons (Fsp3) is 0.486. The standard InChI is InChI=1S/C35H45ClN2O5/c1-5-7-17-37(3)34(40)21-30(35(41)42-4)25-13-16-33-31(20-25)38(22-26-12-15-29(26)32(39)6-2)18-9-8-10-24-19-28(36)14-11-27(24)23-43-33/h5-6,11,13-14,16,19-20,26,29-30,32,39H,1-2,7-10,12,15,17-18,21-23H2,3-4H3/t26-,29+,30+,32?/m0/s1. The van der Waals surface area contributed by atoms with Gasteiger partial charge in [-0.15, -0.1) is 13.2 Å². The molecule has 1 N–H and O–H groups in total. The Hall–Kier alpha value is -3.29. The molecule has 4 rings (SSSR count). The molecule has 43 heavy (non-hydrogen) atoms.